The molecule has 0 radical (unpaired) electrons. The van der Waals surface area contributed by atoms with Crippen LogP contribution in [0.2, 0.25) is 5.02 Å². The average Bonchev–Trinajstić information content (AvgIpc) is 3.99. The second-order valence-corrected chi connectivity index (χ2v) is 25.2. The molecule has 7 heterocycles. The van der Waals surface area contributed by atoms with Crippen LogP contribution in [0.25, 0.3) is 33.3 Å². The summed E-state index contributed by atoms with van der Waals surface area (Å²) < 4.78 is 24.7. The Morgan fingerprint density at radius 2 is 1.54 bits per heavy atom. The molecule has 4 fully saturated rings. The van der Waals surface area contributed by atoms with Gasteiger partial charge in [-0.2, -0.15) is 10.1 Å². The number of rotatable bonds is 13. The summed E-state index contributed by atoms with van der Waals surface area (Å²) in [5.74, 6) is 1.24. The van der Waals surface area contributed by atoms with E-state index in [0.717, 1.165) is 116 Å². The third-order valence-electron chi connectivity index (χ3n) is 16.4. The van der Waals surface area contributed by atoms with E-state index < -0.39 is 19.1 Å². The Bertz CT molecular complexity index is 3440. The molecule has 7 aromatic rings. The monoisotopic (exact) mass is 1060 g/mol. The highest BCUT2D eigenvalue weighted by molar-refractivity contribution is 7.70. The number of imide groups is 1. The number of nitrogens with one attached hydrogen (secondary N) is 3. The molecule has 11 rings (SSSR count). The first-order valence-corrected chi connectivity index (χ1v) is 29.4. The number of likely N-dealkylation sites (tertiary alicyclic amines) is 1. The number of carbonyl (C=O) groups is 2. The van der Waals surface area contributed by atoms with Gasteiger partial charge in [0.25, 0.3) is 0 Å². The molecule has 4 aliphatic heterocycles. The number of benzene rings is 4. The number of methoxy groups -OCH3 is 1. The molecular formula is C57H66ClN12O5P. The maximum Gasteiger partial charge on any atom is 0.329 e. The van der Waals surface area contributed by atoms with Gasteiger partial charge in [-0.1, -0.05) is 48.0 Å². The van der Waals surface area contributed by atoms with Crippen molar-refractivity contribution >= 4 is 81.4 Å². The molecule has 1 atom stereocenters. The van der Waals surface area contributed by atoms with Crippen LogP contribution < -0.4 is 41.5 Å². The molecule has 0 saturated carbocycles. The summed E-state index contributed by atoms with van der Waals surface area (Å²) >= 11 is 6.73. The number of imidazole rings is 1. The zero-order chi connectivity index (χ0) is 52.9. The van der Waals surface area contributed by atoms with Crippen molar-refractivity contribution in [1.82, 2.24) is 39.1 Å². The molecule has 1 spiro atoms. The highest BCUT2D eigenvalue weighted by Gasteiger charge is 2.39. The molecule has 2 amide bonds. The van der Waals surface area contributed by atoms with Crippen LogP contribution in [-0.4, -0.2) is 112 Å². The normalized spacial score (nSPS) is 18.6. The molecule has 19 heteroatoms. The molecule has 3 aromatic heterocycles. The summed E-state index contributed by atoms with van der Waals surface area (Å²) in [6, 6.07) is 25.6. The van der Waals surface area contributed by atoms with E-state index in [2.05, 4.69) is 65.0 Å². The van der Waals surface area contributed by atoms with Crippen LogP contribution >= 0.6 is 18.7 Å². The lowest BCUT2D eigenvalue weighted by Crippen LogP contribution is -2.48. The van der Waals surface area contributed by atoms with Crippen LogP contribution in [0.15, 0.2) is 102 Å². The van der Waals surface area contributed by atoms with Crippen molar-refractivity contribution in [3.8, 4) is 28.0 Å². The van der Waals surface area contributed by atoms with Crippen LogP contribution in [0.3, 0.4) is 0 Å². The van der Waals surface area contributed by atoms with Gasteiger partial charge in [-0.05, 0) is 130 Å². The first-order chi connectivity index (χ1) is 36.6. The molecule has 3 N–H and O–H groups in total. The standard InChI is InChI=1S/C57H66ClN12O5P/c1-65-36-40(33-60-65)42-31-45(62-55-59-34-43(58)53(64-55)61-44-13-11-39(29-51(44)76(4,5)74)38-9-7-6-8-10-38)50(75-3)32-48(42)69-23-17-37(18-24-69)35-67-25-19-57(20-26-67)21-27-68(28-22-57)41-12-14-46-49(30-41)66(2)56(73)70(46)47-15-16-52(71)63-54(47)72/h6-14,29-34,36-37,47H,15-28,35H2,1-5H3,(H,63,71,72)(H2,59,61,62,64). The third-order valence-corrected chi connectivity index (χ3v) is 18.2. The topological polar surface area (TPSA) is 177 Å². The first-order valence-electron chi connectivity index (χ1n) is 26.4. The van der Waals surface area contributed by atoms with E-state index in [1.165, 1.54) is 12.8 Å². The Labute approximate surface area is 448 Å². The Morgan fingerprint density at radius 3 is 2.24 bits per heavy atom. The number of anilines is 6. The maximum atomic E-state index is 13.7. The van der Waals surface area contributed by atoms with Gasteiger partial charge in [-0.25, -0.2) is 9.78 Å². The third kappa shape index (κ3) is 10.4. The minimum atomic E-state index is -2.73. The molecule has 17 nitrogen and oxygen atoms in total. The van der Waals surface area contributed by atoms with E-state index in [4.69, 9.17) is 21.3 Å². The van der Waals surface area contributed by atoms with Gasteiger partial charge in [0.1, 0.15) is 24.0 Å². The second kappa shape index (κ2) is 20.9. The summed E-state index contributed by atoms with van der Waals surface area (Å²) in [7, 11) is 2.62. The quantitative estimate of drug-likeness (QED) is 0.0737. The van der Waals surface area contributed by atoms with Crippen LogP contribution in [0, 0.1) is 11.3 Å². The van der Waals surface area contributed by atoms with Gasteiger partial charge in [0.2, 0.25) is 17.8 Å². The maximum absolute atomic E-state index is 13.7. The number of ether oxygens (including phenoxy) is 1. The second-order valence-electron chi connectivity index (χ2n) is 21.6. The van der Waals surface area contributed by atoms with E-state index in [-0.39, 0.29) is 18.0 Å². The summed E-state index contributed by atoms with van der Waals surface area (Å²) in [6.07, 6.45) is 12.9. The Balaban J connectivity index is 0.722. The molecule has 0 aliphatic carbocycles. The zero-order valence-electron chi connectivity index (χ0n) is 43.9. The van der Waals surface area contributed by atoms with Gasteiger partial charge in [-0.3, -0.25) is 28.7 Å². The fourth-order valence-electron chi connectivity index (χ4n) is 12.0. The van der Waals surface area contributed by atoms with Crippen LogP contribution in [0.4, 0.5) is 34.5 Å². The Hall–Kier alpha value is -6.94. The van der Waals surface area contributed by atoms with E-state index in [9.17, 15) is 18.9 Å². The molecule has 1 unspecified atom stereocenters. The van der Waals surface area contributed by atoms with Crippen molar-refractivity contribution in [3.63, 3.8) is 0 Å². The van der Waals surface area contributed by atoms with E-state index in [1.54, 1.807) is 42.8 Å². The lowest BCUT2D eigenvalue weighted by molar-refractivity contribution is -0.135. The van der Waals surface area contributed by atoms with Crippen molar-refractivity contribution < 1.29 is 18.9 Å². The van der Waals surface area contributed by atoms with Crippen LogP contribution in [0.5, 0.6) is 5.75 Å². The average molecular weight is 1070 g/mol. The van der Waals surface area contributed by atoms with Gasteiger partial charge in [0.05, 0.1) is 41.9 Å². The number of hydrogen-bond acceptors (Lipinski definition) is 13. The lowest BCUT2D eigenvalue weighted by Gasteiger charge is -2.48. The van der Waals surface area contributed by atoms with Crippen molar-refractivity contribution in [2.24, 2.45) is 25.4 Å². The molecule has 4 aliphatic rings. The van der Waals surface area contributed by atoms with Crippen LogP contribution in [-0.2, 0) is 28.2 Å². The number of fused-ring (bicyclic) bond motifs is 1. The molecular weight excluding hydrogens is 999 g/mol. The number of hydrogen-bond donors (Lipinski definition) is 3. The number of carbonyl (C=O) groups excluding carboxylic acids is 2. The van der Waals surface area contributed by atoms with Gasteiger partial charge in [0, 0.05) is 93.3 Å². The van der Waals surface area contributed by atoms with Crippen LogP contribution in [0.1, 0.15) is 57.4 Å². The largest absolute Gasteiger partial charge is 0.494 e. The SMILES string of the molecule is COc1cc(N2CCC(CN3CCC4(CC3)CCN(c3ccc5c(c3)n(C)c(=O)n5C3CCC(=O)NC3=O)CC4)CC2)c(-c2cnn(C)c2)cc1Nc1ncc(Cl)c(Nc2ccc(-c3ccccc3)cc2P(C)(C)=O)n1. The smallest absolute Gasteiger partial charge is 0.329 e. The number of piperidine rings is 4. The van der Waals surface area contributed by atoms with Crippen molar-refractivity contribution in [3.05, 3.63) is 113 Å². The predicted octanol–water partition coefficient (Wildman–Crippen LogP) is 9.17. The van der Waals surface area contributed by atoms with E-state index in [1.807, 2.05) is 78.7 Å². The summed E-state index contributed by atoms with van der Waals surface area (Å²) in [5, 5.41) is 14.8. The minimum absolute atomic E-state index is 0.220. The first kappa shape index (κ1) is 51.2. The van der Waals surface area contributed by atoms with Gasteiger partial charge < -0.3 is 34.6 Å². The van der Waals surface area contributed by atoms with E-state index in [0.29, 0.717) is 57.0 Å². The molecule has 396 valence electrons. The number of aryl methyl sites for hydroxylation is 2. The van der Waals surface area contributed by atoms with Gasteiger partial charge in [0.15, 0.2) is 5.82 Å². The van der Waals surface area contributed by atoms with Gasteiger partial charge >= 0.3 is 5.69 Å². The Kier molecular flexibility index (Phi) is 14.1. The van der Waals surface area contributed by atoms with Crippen molar-refractivity contribution in [2.45, 2.75) is 57.4 Å². The lowest BCUT2D eigenvalue weighted by atomic mass is 9.71. The molecule has 4 aromatic carbocycles. The number of amides is 2. The van der Waals surface area contributed by atoms with Crippen molar-refractivity contribution in [2.75, 3.05) is 86.7 Å². The summed E-state index contributed by atoms with van der Waals surface area (Å²) in [6.45, 7) is 10.7. The fraction of sp³-hybridized carbons (Fsp3) is 0.404. The zero-order valence-corrected chi connectivity index (χ0v) is 45.5. The fourth-order valence-corrected chi connectivity index (χ4v) is 13.3. The molecule has 0 bridgehead atoms. The summed E-state index contributed by atoms with van der Waals surface area (Å²) in [5.41, 5.74) is 9.18. The number of aromatic nitrogens is 6. The minimum Gasteiger partial charge on any atom is -0.494 e. The summed E-state index contributed by atoms with van der Waals surface area (Å²) in [4.78, 5) is 54.9. The van der Waals surface area contributed by atoms with E-state index >= 15 is 0 Å². The van der Waals surface area contributed by atoms with Gasteiger partial charge in [-0.15, -0.1) is 0 Å². The molecule has 4 saturated heterocycles. The number of halogens is 1. The highest BCUT2D eigenvalue weighted by Crippen LogP contribution is 2.45. The Morgan fingerprint density at radius 1 is 0.789 bits per heavy atom. The van der Waals surface area contributed by atoms with Crippen molar-refractivity contribution in [1.29, 1.82) is 0 Å². The molecule has 76 heavy (non-hydrogen) atoms. The predicted molar refractivity (Wildman–Crippen MR) is 303 cm³/mol. The highest BCUT2D eigenvalue weighted by atomic mass is 35.5. The number of nitrogens with zero attached hydrogens (tertiary/aromatic N) is 9.